The van der Waals surface area contributed by atoms with Gasteiger partial charge in [0.25, 0.3) is 0 Å². The van der Waals surface area contributed by atoms with Crippen LogP contribution in [-0.2, 0) is 32.7 Å². The molecule has 0 heterocycles. The van der Waals surface area contributed by atoms with E-state index in [2.05, 4.69) is 269 Å². The van der Waals surface area contributed by atoms with E-state index in [1.807, 2.05) is 0 Å². The molecule has 9 nitrogen and oxygen atoms in total. The van der Waals surface area contributed by atoms with Gasteiger partial charge >= 0.3 is 19.8 Å². The van der Waals surface area contributed by atoms with Crippen LogP contribution in [0.3, 0.4) is 0 Å². The number of rotatable bonds is 62. The van der Waals surface area contributed by atoms with Gasteiger partial charge in [-0.25, -0.2) is 4.57 Å². The molecule has 0 bridgehead atoms. The zero-order chi connectivity index (χ0) is 67.2. The third-order valence-electron chi connectivity index (χ3n) is 13.4. The monoisotopic (exact) mass is 1290 g/mol. The third-order valence-corrected chi connectivity index (χ3v) is 14.4. The number of esters is 2. The van der Waals surface area contributed by atoms with E-state index in [0.29, 0.717) is 12.8 Å². The van der Waals surface area contributed by atoms with Crippen LogP contribution in [0, 0.1) is 0 Å². The molecule has 3 N–H and O–H groups in total. The van der Waals surface area contributed by atoms with Gasteiger partial charge in [-0.3, -0.25) is 18.6 Å². The highest BCUT2D eigenvalue weighted by Crippen LogP contribution is 2.43. The summed E-state index contributed by atoms with van der Waals surface area (Å²) >= 11 is 0. The third kappa shape index (κ3) is 74.5. The normalized spacial score (nSPS) is 14.5. The fourth-order valence-corrected chi connectivity index (χ4v) is 9.08. The Hall–Kier alpha value is -6.45. The smallest absolute Gasteiger partial charge is 0.462 e. The summed E-state index contributed by atoms with van der Waals surface area (Å²) in [6, 6.07) is 0. The first-order chi connectivity index (χ1) is 45.8. The van der Waals surface area contributed by atoms with Crippen molar-refractivity contribution in [3.8, 4) is 0 Å². The van der Waals surface area contributed by atoms with E-state index in [1.54, 1.807) is 0 Å². The van der Waals surface area contributed by atoms with Crippen LogP contribution in [-0.4, -0.2) is 49.3 Å². The molecule has 2 atom stereocenters. The summed E-state index contributed by atoms with van der Waals surface area (Å²) in [5.74, 6) is -0.925. The van der Waals surface area contributed by atoms with Crippen molar-refractivity contribution in [2.75, 3.05) is 26.4 Å². The zero-order valence-corrected chi connectivity index (χ0v) is 58.5. The highest BCUT2D eigenvalue weighted by molar-refractivity contribution is 7.47. The zero-order valence-electron chi connectivity index (χ0n) is 57.6. The maximum absolute atomic E-state index is 12.8. The van der Waals surface area contributed by atoms with Crippen LogP contribution in [0.4, 0.5) is 0 Å². The summed E-state index contributed by atoms with van der Waals surface area (Å²) in [6.07, 6.45) is 121. The van der Waals surface area contributed by atoms with Crippen LogP contribution in [0.2, 0.25) is 0 Å². The Morgan fingerprint density at radius 2 is 0.559 bits per heavy atom. The van der Waals surface area contributed by atoms with Gasteiger partial charge in [0.15, 0.2) is 6.10 Å². The molecule has 0 aliphatic heterocycles. The molecule has 10 heteroatoms. The topological polar surface area (TPSA) is 134 Å². The van der Waals surface area contributed by atoms with Crippen molar-refractivity contribution in [3.05, 3.63) is 255 Å². The van der Waals surface area contributed by atoms with Gasteiger partial charge in [0, 0.05) is 19.4 Å². The van der Waals surface area contributed by atoms with E-state index >= 15 is 0 Å². The van der Waals surface area contributed by atoms with Crippen LogP contribution in [0.15, 0.2) is 255 Å². The standard InChI is InChI=1S/C83H124NO8P/c1-3-5-7-9-11-13-15-17-19-21-23-25-27-29-31-33-35-37-38-39-40-41-42-44-46-48-50-52-54-56-58-60-62-64-66-68-70-72-74-76-83(86)92-81(80-91-93(87,88)90-78-77-84)79-89-82(85)75-73-71-69-67-65-63-61-59-57-55-53-51-49-47-45-43-36-34-32-30-28-26-24-22-20-18-16-14-12-10-8-6-4-2/h5-8,11-14,17-20,23-26,29-32,35-37,39-40,42-44,47-50,53-56,59-62,65,67,81H,3-4,9-10,15-16,21-22,27-28,33-34,38,41,45-46,51-52,57-58,63-64,66,68-80,84H2,1-2H3,(H,87,88)/b7-5-,8-6-,13-11-,14-12-,19-17-,20-18-,25-23-,26-24-,31-29-,32-30-,37-35-,40-39-,43-36-,44-42-,49-47-,50-48-,55-53-,56-54-,61-59-,62-60-,67-65-. The Bertz CT molecular complexity index is 2480. The van der Waals surface area contributed by atoms with Gasteiger partial charge in [-0.1, -0.05) is 288 Å². The van der Waals surface area contributed by atoms with E-state index in [9.17, 15) is 19.0 Å². The van der Waals surface area contributed by atoms with Crippen molar-refractivity contribution < 1.29 is 37.6 Å². The molecule has 0 aliphatic carbocycles. The van der Waals surface area contributed by atoms with Gasteiger partial charge in [-0.2, -0.15) is 0 Å². The molecule has 0 saturated heterocycles. The van der Waals surface area contributed by atoms with E-state index in [1.165, 1.54) is 0 Å². The van der Waals surface area contributed by atoms with Crippen molar-refractivity contribution in [3.63, 3.8) is 0 Å². The molecule has 0 aromatic rings. The van der Waals surface area contributed by atoms with Crippen LogP contribution in [0.1, 0.15) is 219 Å². The lowest BCUT2D eigenvalue weighted by molar-refractivity contribution is -0.161. The predicted octanol–water partition coefficient (Wildman–Crippen LogP) is 23.7. The average molecular weight is 1290 g/mol. The molecule has 514 valence electrons. The predicted molar refractivity (Wildman–Crippen MR) is 403 cm³/mol. The van der Waals surface area contributed by atoms with Gasteiger partial charge in [0.1, 0.15) is 6.61 Å². The SMILES string of the molecule is CC/C=C\C/C=C\C/C=C\C/C=C\C/C=C\C/C=C\C/C=C\C/C=C\C/C=C\C/C=C\C/C=C\CCCCCCCC(=O)OC(COC(=O)CCCC/C=C\C/C=C\C/C=C\C/C=C\C/C=C\C/C=C\C/C=C\C/C=C\C/C=C\C/C=C\CC)COP(=O)(O)OCCN. The Balaban J connectivity index is 4.14. The Morgan fingerprint density at radius 1 is 0.323 bits per heavy atom. The van der Waals surface area contributed by atoms with Crippen molar-refractivity contribution >= 4 is 19.8 Å². The molecule has 0 rings (SSSR count). The molecule has 93 heavy (non-hydrogen) atoms. The largest absolute Gasteiger partial charge is 0.472 e. The lowest BCUT2D eigenvalue weighted by Gasteiger charge is -2.19. The van der Waals surface area contributed by atoms with Gasteiger partial charge in [0.2, 0.25) is 0 Å². The minimum atomic E-state index is -4.43. The minimum absolute atomic E-state index is 0.0288. The van der Waals surface area contributed by atoms with Crippen LogP contribution < -0.4 is 5.73 Å². The first kappa shape index (κ1) is 86.5. The summed E-state index contributed by atoms with van der Waals surface area (Å²) in [6.45, 7) is 3.40. The molecule has 0 aliphatic rings. The molecule has 0 fully saturated rings. The lowest BCUT2D eigenvalue weighted by Crippen LogP contribution is -2.29. The lowest BCUT2D eigenvalue weighted by atomic mass is 10.1. The molecule has 0 amide bonds. The quantitative estimate of drug-likeness (QED) is 0.0264. The number of carbonyl (C=O) groups excluding carboxylic acids is 2. The molecule has 0 aromatic carbocycles. The number of ether oxygens (including phenoxy) is 2. The highest BCUT2D eigenvalue weighted by Gasteiger charge is 2.26. The number of unbranched alkanes of at least 4 members (excludes halogenated alkanes) is 7. The van der Waals surface area contributed by atoms with Gasteiger partial charge < -0.3 is 20.1 Å². The van der Waals surface area contributed by atoms with Crippen molar-refractivity contribution in [1.29, 1.82) is 0 Å². The van der Waals surface area contributed by atoms with E-state index < -0.39 is 32.5 Å². The maximum Gasteiger partial charge on any atom is 0.472 e. The second kappa shape index (κ2) is 74.6. The minimum Gasteiger partial charge on any atom is -0.462 e. The fraction of sp³-hybridized carbons (Fsp3) is 0.470. The Kier molecular flexibility index (Phi) is 69.4. The number of phosphoric ester groups is 1. The molecule has 2 unspecified atom stereocenters. The Labute approximate surface area is 567 Å². The number of nitrogens with two attached hydrogens (primary N) is 1. The first-order valence-electron chi connectivity index (χ1n) is 35.2. The van der Waals surface area contributed by atoms with Crippen LogP contribution >= 0.6 is 7.82 Å². The second-order valence-corrected chi connectivity index (χ2v) is 23.4. The van der Waals surface area contributed by atoms with Gasteiger partial charge in [0.05, 0.1) is 13.2 Å². The van der Waals surface area contributed by atoms with Crippen molar-refractivity contribution in [1.82, 2.24) is 0 Å². The maximum atomic E-state index is 12.8. The van der Waals surface area contributed by atoms with Crippen molar-refractivity contribution in [2.24, 2.45) is 5.73 Å². The summed E-state index contributed by atoms with van der Waals surface area (Å²) in [4.78, 5) is 35.3. The molecular formula is C83H124NO8P. The molecule has 0 aromatic heterocycles. The summed E-state index contributed by atoms with van der Waals surface area (Å²) in [5.41, 5.74) is 5.39. The fourth-order valence-electron chi connectivity index (χ4n) is 8.31. The molecule has 0 spiro atoms. The first-order valence-corrected chi connectivity index (χ1v) is 36.7. The summed E-state index contributed by atoms with van der Waals surface area (Å²) in [7, 11) is -4.43. The van der Waals surface area contributed by atoms with Crippen LogP contribution in [0.5, 0.6) is 0 Å². The van der Waals surface area contributed by atoms with Gasteiger partial charge in [-0.05, 0) is 173 Å². The molecular weight excluding hydrogens is 1170 g/mol. The average Bonchev–Trinajstić information content (AvgIpc) is 3.60. The highest BCUT2D eigenvalue weighted by atomic mass is 31.2. The summed E-state index contributed by atoms with van der Waals surface area (Å²) in [5, 5.41) is 0. The number of hydrogen-bond acceptors (Lipinski definition) is 8. The van der Waals surface area contributed by atoms with Crippen molar-refractivity contribution in [2.45, 2.75) is 225 Å². The molecule has 0 saturated carbocycles. The number of allylic oxidation sites excluding steroid dienone is 42. The van der Waals surface area contributed by atoms with Gasteiger partial charge in [-0.15, -0.1) is 0 Å². The number of phosphoric acid groups is 1. The van der Waals surface area contributed by atoms with E-state index in [-0.39, 0.29) is 32.6 Å². The number of hydrogen-bond donors (Lipinski definition) is 2. The van der Waals surface area contributed by atoms with Crippen LogP contribution in [0.25, 0.3) is 0 Å². The summed E-state index contributed by atoms with van der Waals surface area (Å²) < 4.78 is 33.1. The Morgan fingerprint density at radius 3 is 0.849 bits per heavy atom. The second-order valence-electron chi connectivity index (χ2n) is 21.9. The number of carbonyl (C=O) groups is 2. The van der Waals surface area contributed by atoms with E-state index in [4.69, 9.17) is 24.3 Å². The molecule has 0 radical (unpaired) electrons. The van der Waals surface area contributed by atoms with E-state index in [0.717, 1.165) is 180 Å².